The van der Waals surface area contributed by atoms with Gasteiger partial charge in [-0.05, 0) is 43.8 Å². The molecule has 1 aromatic heterocycles. The van der Waals surface area contributed by atoms with E-state index in [1.807, 2.05) is 10.9 Å². The van der Waals surface area contributed by atoms with Gasteiger partial charge < -0.3 is 5.32 Å². The Morgan fingerprint density at radius 3 is 2.67 bits per heavy atom. The fourth-order valence-corrected chi connectivity index (χ4v) is 2.47. The van der Waals surface area contributed by atoms with Crippen LogP contribution in [0.2, 0.25) is 0 Å². The molecule has 2 rings (SSSR count). The molecule has 0 saturated heterocycles. The fraction of sp³-hybridized carbons (Fsp3) is 0.471. The van der Waals surface area contributed by atoms with E-state index in [1.165, 1.54) is 16.9 Å². The molecule has 0 fully saturated rings. The van der Waals surface area contributed by atoms with Crippen LogP contribution in [0.4, 0.5) is 5.69 Å². The van der Waals surface area contributed by atoms with Crippen LogP contribution < -0.4 is 5.32 Å². The predicted molar refractivity (Wildman–Crippen MR) is 88.3 cm³/mol. The Morgan fingerprint density at radius 1 is 1.14 bits per heavy atom. The predicted octanol–water partition coefficient (Wildman–Crippen LogP) is 3.36. The van der Waals surface area contributed by atoms with Crippen LogP contribution in [-0.2, 0) is 19.6 Å². The van der Waals surface area contributed by atoms with Crippen LogP contribution in [0, 0.1) is 0 Å². The van der Waals surface area contributed by atoms with E-state index in [-0.39, 0.29) is 0 Å². The number of benzene rings is 1. The maximum Gasteiger partial charge on any atom is 0.0575 e. The fourth-order valence-electron chi connectivity index (χ4n) is 2.47. The maximum absolute atomic E-state index is 4.30. The molecule has 1 N–H and O–H groups in total. The van der Waals surface area contributed by atoms with Crippen molar-refractivity contribution in [3.63, 3.8) is 0 Å². The highest BCUT2D eigenvalue weighted by Gasteiger charge is 2.03. The summed E-state index contributed by atoms with van der Waals surface area (Å²) in [5.41, 5.74) is 3.74. The summed E-state index contributed by atoms with van der Waals surface area (Å²) >= 11 is 0. The molecule has 0 aliphatic heterocycles. The zero-order valence-electron chi connectivity index (χ0n) is 13.3. The van der Waals surface area contributed by atoms with E-state index in [1.54, 1.807) is 0 Å². The van der Waals surface area contributed by atoms with Crippen molar-refractivity contribution in [2.75, 3.05) is 18.4 Å². The summed E-state index contributed by atoms with van der Waals surface area (Å²) < 4.78 is 2.02. The van der Waals surface area contributed by atoms with Gasteiger partial charge >= 0.3 is 0 Å². The second-order valence-corrected chi connectivity index (χ2v) is 5.15. The number of aromatic nitrogens is 2. The molecule has 4 heteroatoms. The van der Waals surface area contributed by atoms with Gasteiger partial charge in [0.2, 0.25) is 0 Å². The molecule has 2 aromatic rings. The third-order valence-corrected chi connectivity index (χ3v) is 3.81. The molecule has 1 heterocycles. The van der Waals surface area contributed by atoms with E-state index >= 15 is 0 Å². The van der Waals surface area contributed by atoms with Gasteiger partial charge in [-0.2, -0.15) is 5.10 Å². The third-order valence-electron chi connectivity index (χ3n) is 3.81. The maximum atomic E-state index is 4.30. The number of hydrogen-bond acceptors (Lipinski definition) is 3. The number of hydrogen-bond donors (Lipinski definition) is 1. The molecular formula is C17H26N4. The first kappa shape index (κ1) is 15.6. The number of anilines is 1. The van der Waals surface area contributed by atoms with Crippen molar-refractivity contribution in [1.29, 1.82) is 0 Å². The highest BCUT2D eigenvalue weighted by molar-refractivity contribution is 5.46. The van der Waals surface area contributed by atoms with Crippen LogP contribution in [0.1, 0.15) is 32.0 Å². The second kappa shape index (κ2) is 7.84. The number of nitrogens with one attached hydrogen (secondary N) is 1. The number of nitrogens with zero attached hydrogens (tertiary/aromatic N) is 3. The monoisotopic (exact) mass is 286 g/mol. The molecule has 1 aromatic carbocycles. The molecular weight excluding hydrogens is 260 g/mol. The molecule has 0 aliphatic rings. The van der Waals surface area contributed by atoms with Crippen LogP contribution >= 0.6 is 0 Å². The standard InChI is InChI=1S/C17H26N4/c1-4-20(5-2)14-15-8-7-9-16(12-15)18-13-17-10-11-19-21(17)6-3/h7-12,18H,4-6,13-14H2,1-3H3. The van der Waals surface area contributed by atoms with Crippen molar-refractivity contribution in [1.82, 2.24) is 14.7 Å². The molecule has 0 unspecified atom stereocenters. The number of rotatable bonds is 8. The molecule has 0 bridgehead atoms. The van der Waals surface area contributed by atoms with Crippen LogP contribution in [0.3, 0.4) is 0 Å². The Hall–Kier alpha value is -1.81. The Balaban J connectivity index is 1.97. The molecule has 0 aliphatic carbocycles. The highest BCUT2D eigenvalue weighted by Crippen LogP contribution is 2.14. The van der Waals surface area contributed by atoms with E-state index in [4.69, 9.17) is 0 Å². The lowest BCUT2D eigenvalue weighted by Crippen LogP contribution is -2.22. The minimum atomic E-state index is 0.808. The summed E-state index contributed by atoms with van der Waals surface area (Å²) in [4.78, 5) is 2.42. The lowest BCUT2D eigenvalue weighted by molar-refractivity contribution is 0.296. The Kier molecular flexibility index (Phi) is 5.81. The SMILES string of the molecule is CCN(CC)Cc1cccc(NCc2ccnn2CC)c1. The first-order valence-corrected chi connectivity index (χ1v) is 7.82. The van der Waals surface area contributed by atoms with Crippen LogP contribution in [0.5, 0.6) is 0 Å². The van der Waals surface area contributed by atoms with Gasteiger partial charge in [-0.15, -0.1) is 0 Å². The summed E-state index contributed by atoms with van der Waals surface area (Å²) in [5, 5.41) is 7.79. The smallest absolute Gasteiger partial charge is 0.0575 e. The van der Waals surface area contributed by atoms with Crippen molar-refractivity contribution in [3.05, 3.63) is 47.8 Å². The summed E-state index contributed by atoms with van der Waals surface area (Å²) in [6.07, 6.45) is 1.86. The van der Waals surface area contributed by atoms with Crippen molar-refractivity contribution < 1.29 is 0 Å². The van der Waals surface area contributed by atoms with Crippen molar-refractivity contribution in [3.8, 4) is 0 Å². The summed E-state index contributed by atoms with van der Waals surface area (Å²) in [6.45, 7) is 11.4. The molecule has 0 atom stereocenters. The average Bonchev–Trinajstić information content (AvgIpc) is 2.98. The van der Waals surface area contributed by atoms with Crippen molar-refractivity contribution in [2.45, 2.75) is 40.4 Å². The molecule has 0 radical (unpaired) electrons. The largest absolute Gasteiger partial charge is 0.379 e. The Labute approximate surface area is 127 Å². The topological polar surface area (TPSA) is 33.1 Å². The van der Waals surface area contributed by atoms with Gasteiger partial charge in [-0.1, -0.05) is 26.0 Å². The minimum absolute atomic E-state index is 0.808. The van der Waals surface area contributed by atoms with Gasteiger partial charge in [0.05, 0.1) is 12.2 Å². The van der Waals surface area contributed by atoms with Gasteiger partial charge in [-0.3, -0.25) is 9.58 Å². The second-order valence-electron chi connectivity index (χ2n) is 5.15. The van der Waals surface area contributed by atoms with E-state index in [0.29, 0.717) is 0 Å². The zero-order chi connectivity index (χ0) is 15.1. The van der Waals surface area contributed by atoms with Gasteiger partial charge in [-0.25, -0.2) is 0 Å². The van der Waals surface area contributed by atoms with E-state index in [2.05, 4.69) is 66.4 Å². The van der Waals surface area contributed by atoms with Gasteiger partial charge in [0.15, 0.2) is 0 Å². The lowest BCUT2D eigenvalue weighted by Gasteiger charge is -2.18. The van der Waals surface area contributed by atoms with Crippen molar-refractivity contribution >= 4 is 5.69 Å². The van der Waals surface area contributed by atoms with Gasteiger partial charge in [0.25, 0.3) is 0 Å². The van der Waals surface area contributed by atoms with Crippen LogP contribution in [0.25, 0.3) is 0 Å². The molecule has 21 heavy (non-hydrogen) atoms. The summed E-state index contributed by atoms with van der Waals surface area (Å²) in [7, 11) is 0. The first-order chi connectivity index (χ1) is 10.3. The number of aryl methyl sites for hydroxylation is 1. The molecule has 0 spiro atoms. The van der Waals surface area contributed by atoms with Crippen molar-refractivity contribution in [2.24, 2.45) is 0 Å². The quantitative estimate of drug-likeness (QED) is 0.808. The molecule has 4 nitrogen and oxygen atoms in total. The average molecular weight is 286 g/mol. The normalized spacial score (nSPS) is 11.0. The molecule has 0 saturated carbocycles. The van der Waals surface area contributed by atoms with Crippen LogP contribution in [0.15, 0.2) is 36.5 Å². The lowest BCUT2D eigenvalue weighted by atomic mass is 10.2. The summed E-state index contributed by atoms with van der Waals surface area (Å²) in [5.74, 6) is 0. The Morgan fingerprint density at radius 2 is 1.95 bits per heavy atom. The first-order valence-electron chi connectivity index (χ1n) is 7.82. The highest BCUT2D eigenvalue weighted by atomic mass is 15.3. The zero-order valence-corrected chi connectivity index (χ0v) is 13.3. The molecule has 114 valence electrons. The van der Waals surface area contributed by atoms with E-state index in [9.17, 15) is 0 Å². The Bertz CT molecular complexity index is 543. The van der Waals surface area contributed by atoms with Gasteiger partial charge in [0, 0.05) is 25.0 Å². The van der Waals surface area contributed by atoms with Crippen LogP contribution in [-0.4, -0.2) is 27.8 Å². The molecule has 0 amide bonds. The minimum Gasteiger partial charge on any atom is -0.379 e. The summed E-state index contributed by atoms with van der Waals surface area (Å²) in [6, 6.07) is 10.7. The van der Waals surface area contributed by atoms with E-state index < -0.39 is 0 Å². The third kappa shape index (κ3) is 4.33. The van der Waals surface area contributed by atoms with E-state index in [0.717, 1.165) is 32.7 Å². The van der Waals surface area contributed by atoms with Gasteiger partial charge in [0.1, 0.15) is 0 Å².